The molecule has 9 nitrogen and oxygen atoms in total. The zero-order chi connectivity index (χ0) is 19.4. The number of carbonyl (C=O) groups excluding carboxylic acids is 2. The SMILES string of the molecule is CN(C)CCn1nnnc1SCC(=O)Nc1sc2c(c1C(N)=O)CCCC2. The molecule has 2 amide bonds. The summed E-state index contributed by atoms with van der Waals surface area (Å²) in [5.41, 5.74) is 7.05. The first kappa shape index (κ1) is 19.8. The lowest BCUT2D eigenvalue weighted by Crippen LogP contribution is -2.21. The van der Waals surface area contributed by atoms with Crippen LogP contribution in [0.1, 0.15) is 33.6 Å². The van der Waals surface area contributed by atoms with Crippen LogP contribution in [0.3, 0.4) is 0 Å². The Bertz CT molecular complexity index is 831. The smallest absolute Gasteiger partial charge is 0.251 e. The Hall–Kier alpha value is -1.98. The molecule has 0 atom stereocenters. The van der Waals surface area contributed by atoms with Crippen molar-refractivity contribution in [3.8, 4) is 0 Å². The zero-order valence-electron chi connectivity index (χ0n) is 15.4. The number of hydrogen-bond donors (Lipinski definition) is 2. The average Bonchev–Trinajstić information content (AvgIpc) is 3.21. The minimum absolute atomic E-state index is 0.156. The van der Waals surface area contributed by atoms with Gasteiger partial charge in [-0.1, -0.05) is 11.8 Å². The number of amides is 2. The lowest BCUT2D eigenvalue weighted by molar-refractivity contribution is -0.113. The fourth-order valence-electron chi connectivity index (χ4n) is 2.94. The maximum Gasteiger partial charge on any atom is 0.251 e. The number of rotatable bonds is 8. The molecule has 3 N–H and O–H groups in total. The van der Waals surface area contributed by atoms with E-state index in [1.54, 1.807) is 4.68 Å². The topological polar surface area (TPSA) is 119 Å². The molecule has 27 heavy (non-hydrogen) atoms. The van der Waals surface area contributed by atoms with E-state index in [9.17, 15) is 9.59 Å². The van der Waals surface area contributed by atoms with Crippen LogP contribution < -0.4 is 11.1 Å². The van der Waals surface area contributed by atoms with Gasteiger partial charge in [-0.2, -0.15) is 0 Å². The first-order valence-corrected chi connectivity index (χ1v) is 10.5. The van der Waals surface area contributed by atoms with Crippen LogP contribution in [0.5, 0.6) is 0 Å². The number of carbonyl (C=O) groups is 2. The van der Waals surface area contributed by atoms with Crippen molar-refractivity contribution in [1.82, 2.24) is 25.1 Å². The molecule has 1 aliphatic carbocycles. The van der Waals surface area contributed by atoms with Crippen LogP contribution in [0.25, 0.3) is 0 Å². The molecule has 146 valence electrons. The van der Waals surface area contributed by atoms with Crippen molar-refractivity contribution < 1.29 is 9.59 Å². The summed E-state index contributed by atoms with van der Waals surface area (Å²) in [6.45, 7) is 1.45. The van der Waals surface area contributed by atoms with E-state index in [0.717, 1.165) is 42.7 Å². The van der Waals surface area contributed by atoms with Gasteiger partial charge in [-0.25, -0.2) is 4.68 Å². The van der Waals surface area contributed by atoms with Crippen LogP contribution in [-0.4, -0.2) is 63.3 Å². The van der Waals surface area contributed by atoms with Gasteiger partial charge >= 0.3 is 0 Å². The molecular formula is C16H23N7O2S2. The number of aromatic nitrogens is 4. The predicted molar refractivity (Wildman–Crippen MR) is 105 cm³/mol. The van der Waals surface area contributed by atoms with E-state index >= 15 is 0 Å². The van der Waals surface area contributed by atoms with Crippen molar-refractivity contribution in [2.24, 2.45) is 5.73 Å². The summed E-state index contributed by atoms with van der Waals surface area (Å²) in [6, 6.07) is 0. The van der Waals surface area contributed by atoms with E-state index < -0.39 is 5.91 Å². The Morgan fingerprint density at radius 3 is 2.85 bits per heavy atom. The Balaban J connectivity index is 1.63. The van der Waals surface area contributed by atoms with Gasteiger partial charge in [-0.3, -0.25) is 9.59 Å². The Labute approximate surface area is 165 Å². The molecule has 0 saturated carbocycles. The highest BCUT2D eigenvalue weighted by Gasteiger charge is 2.25. The highest BCUT2D eigenvalue weighted by atomic mass is 32.2. The van der Waals surface area contributed by atoms with Crippen LogP contribution in [0.4, 0.5) is 5.00 Å². The molecule has 11 heteroatoms. The van der Waals surface area contributed by atoms with Crippen LogP contribution in [0.15, 0.2) is 5.16 Å². The van der Waals surface area contributed by atoms with Crippen LogP contribution in [-0.2, 0) is 24.2 Å². The monoisotopic (exact) mass is 409 g/mol. The van der Waals surface area contributed by atoms with Gasteiger partial charge in [0.25, 0.3) is 5.91 Å². The number of tetrazole rings is 1. The first-order valence-electron chi connectivity index (χ1n) is 8.73. The molecule has 0 radical (unpaired) electrons. The standard InChI is InChI=1S/C16H23N7O2S2/c1-22(2)7-8-23-16(19-20-21-23)26-9-12(24)18-15-13(14(17)25)10-5-3-4-6-11(10)27-15/h3-9H2,1-2H3,(H2,17,25)(H,18,24). The number of hydrogen-bond acceptors (Lipinski definition) is 8. The fraction of sp³-hybridized carbons (Fsp3) is 0.562. The number of aryl methyl sites for hydroxylation is 1. The molecule has 1 aliphatic rings. The number of fused-ring (bicyclic) bond motifs is 1. The summed E-state index contributed by atoms with van der Waals surface area (Å²) in [5, 5.41) is 15.6. The summed E-state index contributed by atoms with van der Waals surface area (Å²) >= 11 is 2.73. The quantitative estimate of drug-likeness (QED) is 0.624. The number of thiophene rings is 1. The van der Waals surface area contributed by atoms with Crippen molar-refractivity contribution in [3.05, 3.63) is 16.0 Å². The second-order valence-electron chi connectivity index (χ2n) is 6.60. The van der Waals surface area contributed by atoms with E-state index in [4.69, 9.17) is 5.73 Å². The third-order valence-corrected chi connectivity index (χ3v) is 6.43. The number of likely N-dealkylation sites (N-methyl/N-ethyl adjacent to an activating group) is 1. The van der Waals surface area contributed by atoms with Gasteiger partial charge in [0.15, 0.2) is 0 Å². The summed E-state index contributed by atoms with van der Waals surface area (Å²) in [4.78, 5) is 27.5. The molecule has 0 spiro atoms. The van der Waals surface area contributed by atoms with Crippen molar-refractivity contribution in [2.75, 3.05) is 31.7 Å². The number of anilines is 1. The summed E-state index contributed by atoms with van der Waals surface area (Å²) in [5.74, 6) is -0.531. The van der Waals surface area contributed by atoms with Gasteiger partial charge in [0.1, 0.15) is 5.00 Å². The molecule has 2 heterocycles. The van der Waals surface area contributed by atoms with Crippen molar-refractivity contribution in [1.29, 1.82) is 0 Å². The number of thioether (sulfide) groups is 1. The summed E-state index contributed by atoms with van der Waals surface area (Å²) in [7, 11) is 3.95. The molecule has 3 rings (SSSR count). The van der Waals surface area contributed by atoms with E-state index in [0.29, 0.717) is 22.3 Å². The number of primary amides is 1. The Morgan fingerprint density at radius 1 is 1.33 bits per heavy atom. The molecule has 0 aliphatic heterocycles. The molecule has 2 aromatic rings. The normalized spacial score (nSPS) is 13.6. The van der Waals surface area contributed by atoms with Crippen LogP contribution in [0, 0.1) is 0 Å². The zero-order valence-corrected chi connectivity index (χ0v) is 17.0. The van der Waals surface area contributed by atoms with Crippen LogP contribution >= 0.6 is 23.1 Å². The van der Waals surface area contributed by atoms with Gasteiger partial charge in [0.05, 0.1) is 17.9 Å². The summed E-state index contributed by atoms with van der Waals surface area (Å²) < 4.78 is 1.68. The highest BCUT2D eigenvalue weighted by Crippen LogP contribution is 2.38. The lowest BCUT2D eigenvalue weighted by Gasteiger charge is -2.11. The largest absolute Gasteiger partial charge is 0.365 e. The average molecular weight is 410 g/mol. The molecular weight excluding hydrogens is 386 g/mol. The molecule has 0 bridgehead atoms. The van der Waals surface area contributed by atoms with E-state index in [1.807, 2.05) is 19.0 Å². The highest BCUT2D eigenvalue weighted by molar-refractivity contribution is 7.99. The van der Waals surface area contributed by atoms with E-state index in [1.165, 1.54) is 23.1 Å². The minimum atomic E-state index is -0.481. The third kappa shape index (κ3) is 4.85. The fourth-order valence-corrected chi connectivity index (χ4v) is 4.96. The Kier molecular flexibility index (Phi) is 6.45. The van der Waals surface area contributed by atoms with Gasteiger partial charge in [-0.15, -0.1) is 16.4 Å². The molecule has 0 unspecified atom stereocenters. The first-order chi connectivity index (χ1) is 13.0. The Morgan fingerprint density at radius 2 is 2.11 bits per heavy atom. The van der Waals surface area contributed by atoms with Crippen molar-refractivity contribution in [3.63, 3.8) is 0 Å². The molecule has 0 fully saturated rings. The lowest BCUT2D eigenvalue weighted by atomic mass is 9.95. The van der Waals surface area contributed by atoms with Crippen molar-refractivity contribution in [2.45, 2.75) is 37.4 Å². The molecule has 2 aromatic heterocycles. The number of nitrogens with zero attached hydrogens (tertiary/aromatic N) is 5. The van der Waals surface area contributed by atoms with Gasteiger partial charge in [0, 0.05) is 11.4 Å². The second-order valence-corrected chi connectivity index (χ2v) is 8.65. The second kappa shape index (κ2) is 8.81. The maximum atomic E-state index is 12.4. The van der Waals surface area contributed by atoms with Crippen LogP contribution in [0.2, 0.25) is 0 Å². The third-order valence-electron chi connectivity index (χ3n) is 4.26. The van der Waals surface area contributed by atoms with Crippen molar-refractivity contribution >= 4 is 39.9 Å². The molecule has 0 saturated heterocycles. The minimum Gasteiger partial charge on any atom is -0.365 e. The van der Waals surface area contributed by atoms with E-state index in [-0.39, 0.29) is 11.7 Å². The van der Waals surface area contributed by atoms with Gasteiger partial charge in [-0.05, 0) is 55.8 Å². The predicted octanol–water partition coefficient (Wildman–Crippen LogP) is 1.00. The van der Waals surface area contributed by atoms with Gasteiger partial charge < -0.3 is 16.0 Å². The van der Waals surface area contributed by atoms with E-state index in [2.05, 4.69) is 20.8 Å². The molecule has 0 aromatic carbocycles. The van der Waals surface area contributed by atoms with Gasteiger partial charge in [0.2, 0.25) is 11.1 Å². The number of nitrogens with two attached hydrogens (primary N) is 1. The summed E-state index contributed by atoms with van der Waals surface area (Å²) in [6.07, 6.45) is 3.92. The number of nitrogens with one attached hydrogen (secondary N) is 1. The maximum absolute atomic E-state index is 12.4.